The molecule has 0 radical (unpaired) electrons. The normalized spacial score (nSPS) is 15.9. The van der Waals surface area contributed by atoms with Gasteiger partial charge in [-0.1, -0.05) is 60.5 Å². The Morgan fingerprint density at radius 2 is 1.78 bits per heavy atom. The van der Waals surface area contributed by atoms with Gasteiger partial charge >= 0.3 is 5.97 Å². The fourth-order valence-electron chi connectivity index (χ4n) is 5.45. The highest BCUT2D eigenvalue weighted by Crippen LogP contribution is 2.48. The number of hydrogen-bond acceptors (Lipinski definition) is 6. The third-order valence-electron chi connectivity index (χ3n) is 7.26. The predicted molar refractivity (Wildman–Crippen MR) is 148 cm³/mol. The summed E-state index contributed by atoms with van der Waals surface area (Å²) in [5, 5.41) is 14.9. The van der Waals surface area contributed by atoms with Crippen molar-refractivity contribution in [3.63, 3.8) is 0 Å². The molecule has 1 saturated heterocycles. The van der Waals surface area contributed by atoms with Crippen LogP contribution in [-0.2, 0) is 4.74 Å². The van der Waals surface area contributed by atoms with Gasteiger partial charge in [-0.3, -0.25) is 4.90 Å². The highest BCUT2D eigenvalue weighted by atomic mass is 35.5. The second-order valence-corrected chi connectivity index (χ2v) is 10.1. The molecule has 2 heterocycles. The van der Waals surface area contributed by atoms with Gasteiger partial charge in [-0.2, -0.15) is 0 Å². The summed E-state index contributed by atoms with van der Waals surface area (Å²) in [4.78, 5) is 17.9. The first kappa shape index (κ1) is 25.9. The lowest BCUT2D eigenvalue weighted by molar-refractivity contribution is 0.0526. The number of fused-ring (bicyclic) bond motifs is 3. The lowest BCUT2D eigenvalue weighted by Gasteiger charge is -2.40. The number of piperazine rings is 1. The lowest BCUT2D eigenvalue weighted by atomic mass is 9.88. The smallest absolute Gasteiger partial charge is 0.342 e. The molecule has 1 atom stereocenters. The van der Waals surface area contributed by atoms with Crippen molar-refractivity contribution < 1.29 is 19.1 Å². The minimum absolute atomic E-state index is 0.100. The number of carbonyl (C=O) groups is 1. The van der Waals surface area contributed by atoms with E-state index in [1.807, 2.05) is 30.3 Å². The molecule has 37 heavy (non-hydrogen) atoms. The van der Waals surface area contributed by atoms with Crippen LogP contribution in [0.4, 0.5) is 0 Å². The number of phenolic OH excluding ortho intramolecular Hbond substituents is 1. The topological polar surface area (TPSA) is 66.2 Å². The SMILES string of the molecule is CCOC(=O)c1c(C)oc2c1c(C(c1ccc(Cl)cc1Cl)N1CCN(CC)CC1)c(O)c1ccccc12. The number of esters is 1. The van der Waals surface area contributed by atoms with Gasteiger partial charge in [0.25, 0.3) is 0 Å². The molecule has 3 aromatic carbocycles. The van der Waals surface area contributed by atoms with Gasteiger partial charge in [-0.15, -0.1) is 0 Å². The summed E-state index contributed by atoms with van der Waals surface area (Å²) in [6.45, 7) is 10.2. The zero-order valence-corrected chi connectivity index (χ0v) is 22.7. The molecule has 1 unspecified atom stereocenters. The largest absolute Gasteiger partial charge is 0.507 e. The van der Waals surface area contributed by atoms with Gasteiger partial charge in [0, 0.05) is 57.9 Å². The van der Waals surface area contributed by atoms with Crippen molar-refractivity contribution in [2.45, 2.75) is 26.8 Å². The highest BCUT2D eigenvalue weighted by Gasteiger charge is 2.35. The fourth-order valence-corrected chi connectivity index (χ4v) is 5.97. The highest BCUT2D eigenvalue weighted by molar-refractivity contribution is 6.35. The van der Waals surface area contributed by atoms with E-state index in [0.717, 1.165) is 43.7 Å². The lowest BCUT2D eigenvalue weighted by Crippen LogP contribution is -2.47. The van der Waals surface area contributed by atoms with Crippen LogP contribution in [0.15, 0.2) is 46.9 Å². The van der Waals surface area contributed by atoms with E-state index in [2.05, 4.69) is 16.7 Å². The first-order valence-electron chi connectivity index (χ1n) is 12.6. The zero-order valence-electron chi connectivity index (χ0n) is 21.2. The van der Waals surface area contributed by atoms with Crippen LogP contribution in [0.25, 0.3) is 21.7 Å². The summed E-state index contributed by atoms with van der Waals surface area (Å²) >= 11 is 13.1. The number of aryl methyl sites for hydroxylation is 1. The van der Waals surface area contributed by atoms with Crippen molar-refractivity contribution in [3.05, 3.63) is 75.0 Å². The van der Waals surface area contributed by atoms with Gasteiger partial charge in [0.1, 0.15) is 22.7 Å². The van der Waals surface area contributed by atoms with E-state index in [9.17, 15) is 9.90 Å². The molecule has 0 spiro atoms. The second kappa shape index (κ2) is 10.5. The molecule has 1 N–H and O–H groups in total. The third kappa shape index (κ3) is 4.57. The standard InChI is InChI=1S/C29H30Cl2N2O4/c1-4-32-12-14-33(15-13-32)26(21-11-10-18(30)16-22(21)31)25-24-23(29(35)36-5-2)17(3)37-28(24)20-9-7-6-8-19(20)27(25)34/h6-11,16,26,34H,4-5,12-15H2,1-3H3. The Morgan fingerprint density at radius 3 is 2.43 bits per heavy atom. The molecule has 1 aromatic heterocycles. The molecule has 5 rings (SSSR count). The van der Waals surface area contributed by atoms with E-state index in [1.165, 1.54) is 0 Å². The zero-order chi connectivity index (χ0) is 26.3. The average Bonchev–Trinajstić information content (AvgIpc) is 3.24. The molecular weight excluding hydrogens is 511 g/mol. The van der Waals surface area contributed by atoms with E-state index >= 15 is 0 Å². The van der Waals surface area contributed by atoms with Crippen molar-refractivity contribution in [2.75, 3.05) is 39.3 Å². The van der Waals surface area contributed by atoms with Crippen LogP contribution in [0, 0.1) is 6.92 Å². The molecule has 194 valence electrons. The number of phenols is 1. The molecule has 1 aliphatic heterocycles. The number of benzene rings is 3. The van der Waals surface area contributed by atoms with Gasteiger partial charge in [-0.05, 0) is 38.1 Å². The average molecular weight is 541 g/mol. The summed E-state index contributed by atoms with van der Waals surface area (Å²) in [6.07, 6.45) is 0. The monoisotopic (exact) mass is 540 g/mol. The molecule has 1 aliphatic rings. The van der Waals surface area contributed by atoms with Crippen LogP contribution < -0.4 is 0 Å². The molecule has 6 nitrogen and oxygen atoms in total. The molecule has 8 heteroatoms. The van der Waals surface area contributed by atoms with Crippen LogP contribution in [0.1, 0.15) is 47.1 Å². The molecule has 0 aliphatic carbocycles. The van der Waals surface area contributed by atoms with Gasteiger partial charge < -0.3 is 19.2 Å². The minimum atomic E-state index is -0.480. The predicted octanol–water partition coefficient (Wildman–Crippen LogP) is 6.81. The Kier molecular flexibility index (Phi) is 7.37. The van der Waals surface area contributed by atoms with E-state index in [1.54, 1.807) is 26.0 Å². The molecule has 0 saturated carbocycles. The van der Waals surface area contributed by atoms with E-state index in [0.29, 0.717) is 43.3 Å². The summed E-state index contributed by atoms with van der Waals surface area (Å²) in [5.41, 5.74) is 2.26. The molecule has 0 bridgehead atoms. The molecule has 1 fully saturated rings. The van der Waals surface area contributed by atoms with E-state index in [-0.39, 0.29) is 12.4 Å². The Bertz CT molecular complexity index is 1470. The maximum atomic E-state index is 13.2. The summed E-state index contributed by atoms with van der Waals surface area (Å²) in [6, 6.07) is 12.5. The number of furan rings is 1. The van der Waals surface area contributed by atoms with Crippen molar-refractivity contribution in [3.8, 4) is 5.75 Å². The van der Waals surface area contributed by atoms with Crippen molar-refractivity contribution in [2.24, 2.45) is 0 Å². The molecular formula is C29H30Cl2N2O4. The maximum absolute atomic E-state index is 13.2. The second-order valence-electron chi connectivity index (χ2n) is 9.30. The number of nitrogens with zero attached hydrogens (tertiary/aromatic N) is 2. The molecule has 0 amide bonds. The quantitative estimate of drug-likeness (QED) is 0.271. The summed E-state index contributed by atoms with van der Waals surface area (Å²) in [7, 11) is 0. The Morgan fingerprint density at radius 1 is 1.08 bits per heavy atom. The Hall–Kier alpha value is -2.77. The van der Waals surface area contributed by atoms with Gasteiger partial charge in [0.2, 0.25) is 0 Å². The van der Waals surface area contributed by atoms with Crippen LogP contribution in [0.5, 0.6) is 5.75 Å². The number of ether oxygens (including phenoxy) is 1. The van der Waals surface area contributed by atoms with Gasteiger partial charge in [0.15, 0.2) is 0 Å². The summed E-state index contributed by atoms with van der Waals surface area (Å²) < 4.78 is 11.7. The first-order chi connectivity index (χ1) is 17.8. The van der Waals surface area contributed by atoms with E-state index < -0.39 is 12.0 Å². The van der Waals surface area contributed by atoms with Crippen molar-refractivity contribution in [1.29, 1.82) is 0 Å². The van der Waals surface area contributed by atoms with Crippen LogP contribution in [0.2, 0.25) is 10.0 Å². The summed E-state index contributed by atoms with van der Waals surface area (Å²) in [5.74, 6) is 0.0667. The number of halogens is 2. The third-order valence-corrected chi connectivity index (χ3v) is 7.83. The number of carbonyl (C=O) groups excluding carboxylic acids is 1. The number of hydrogen-bond donors (Lipinski definition) is 1. The first-order valence-corrected chi connectivity index (χ1v) is 13.4. The maximum Gasteiger partial charge on any atom is 0.342 e. The number of likely N-dealkylation sites (N-methyl/N-ethyl adjacent to an activating group) is 1. The van der Waals surface area contributed by atoms with E-state index in [4.69, 9.17) is 32.4 Å². The molecule has 4 aromatic rings. The van der Waals surface area contributed by atoms with Crippen molar-refractivity contribution in [1.82, 2.24) is 9.80 Å². The number of rotatable bonds is 6. The van der Waals surface area contributed by atoms with Crippen LogP contribution in [-0.4, -0.2) is 60.2 Å². The Balaban J connectivity index is 1.86. The fraction of sp³-hybridized carbons (Fsp3) is 0.345. The van der Waals surface area contributed by atoms with Crippen LogP contribution >= 0.6 is 23.2 Å². The van der Waals surface area contributed by atoms with Crippen LogP contribution in [0.3, 0.4) is 0 Å². The van der Waals surface area contributed by atoms with Gasteiger partial charge in [0.05, 0.1) is 12.6 Å². The Labute approximate surface area is 226 Å². The minimum Gasteiger partial charge on any atom is -0.507 e. The van der Waals surface area contributed by atoms with Gasteiger partial charge in [-0.25, -0.2) is 4.79 Å². The number of aromatic hydroxyl groups is 1. The van der Waals surface area contributed by atoms with Crippen molar-refractivity contribution >= 4 is 50.9 Å².